The average Bonchev–Trinajstić information content (AvgIpc) is 3.21. The molecular weight excluding hydrogens is 412 g/mol. The molecule has 0 amide bonds. The van der Waals surface area contributed by atoms with Gasteiger partial charge in [0.25, 0.3) is 5.56 Å². The lowest BCUT2D eigenvalue weighted by molar-refractivity contribution is 0.0944. The summed E-state index contributed by atoms with van der Waals surface area (Å²) < 4.78 is 8.21. The largest absolute Gasteiger partial charge is 0.461 e. The zero-order chi connectivity index (χ0) is 19.0. The molecule has 0 bridgehead atoms. The number of halogens is 1. The van der Waals surface area contributed by atoms with Crippen LogP contribution in [0.4, 0.5) is 0 Å². The molecule has 0 radical (unpaired) electrons. The van der Waals surface area contributed by atoms with Gasteiger partial charge in [-0.2, -0.15) is 0 Å². The summed E-state index contributed by atoms with van der Waals surface area (Å²) in [5.41, 5.74) is -0.195. The molecule has 0 atom stereocenters. The fourth-order valence-electron chi connectivity index (χ4n) is 2.96. The fraction of sp³-hybridized carbons (Fsp3) is 0.0500. The molecule has 6 nitrogen and oxygen atoms in total. The first kappa shape index (κ1) is 17.2. The Hall–Kier alpha value is -3.19. The maximum Gasteiger partial charge on any atom is 0.336 e. The van der Waals surface area contributed by atoms with Crippen molar-refractivity contribution in [3.63, 3.8) is 0 Å². The van der Waals surface area contributed by atoms with Crippen LogP contribution in [-0.2, 0) is 6.54 Å². The number of nitrogens with zero attached hydrogens (tertiary/aromatic N) is 2. The maximum absolute atomic E-state index is 13.1. The first-order valence-corrected chi connectivity index (χ1v) is 8.93. The van der Waals surface area contributed by atoms with Crippen molar-refractivity contribution in [3.05, 3.63) is 98.0 Å². The minimum Gasteiger partial charge on any atom is -0.461 e. The van der Waals surface area contributed by atoms with E-state index in [1.165, 1.54) is 10.8 Å². The molecule has 4 rings (SSSR count). The Balaban J connectivity index is 2.01. The molecular formula is C20H13BrN2O4. The quantitative estimate of drug-likeness (QED) is 0.470. The van der Waals surface area contributed by atoms with E-state index in [0.717, 1.165) is 4.57 Å². The Kier molecular flexibility index (Phi) is 4.37. The normalized spacial score (nSPS) is 11.0. The molecule has 2 aromatic heterocycles. The van der Waals surface area contributed by atoms with Gasteiger partial charge < -0.3 is 4.42 Å². The third kappa shape index (κ3) is 3.06. The molecule has 0 unspecified atom stereocenters. The molecule has 0 saturated carbocycles. The second-order valence-electron chi connectivity index (χ2n) is 5.91. The maximum atomic E-state index is 13.1. The van der Waals surface area contributed by atoms with E-state index in [9.17, 15) is 14.4 Å². The van der Waals surface area contributed by atoms with E-state index in [0.29, 0.717) is 21.1 Å². The number of Topliss-reactive ketones (excluding diaryl/α,β-unsaturated/α-hetero) is 1. The van der Waals surface area contributed by atoms with Gasteiger partial charge in [0, 0.05) is 4.47 Å². The first-order chi connectivity index (χ1) is 13.1. The Morgan fingerprint density at radius 2 is 1.78 bits per heavy atom. The topological polar surface area (TPSA) is 74.2 Å². The van der Waals surface area contributed by atoms with Crippen molar-refractivity contribution < 1.29 is 9.21 Å². The number of aromatic nitrogens is 2. The van der Waals surface area contributed by atoms with Crippen LogP contribution < -0.4 is 11.2 Å². The van der Waals surface area contributed by atoms with E-state index >= 15 is 0 Å². The first-order valence-electron chi connectivity index (χ1n) is 8.13. The van der Waals surface area contributed by atoms with Crippen molar-refractivity contribution in [1.82, 2.24) is 9.13 Å². The van der Waals surface area contributed by atoms with Gasteiger partial charge in [0.15, 0.2) is 5.76 Å². The number of hydrogen-bond acceptors (Lipinski definition) is 4. The van der Waals surface area contributed by atoms with Gasteiger partial charge in [0.05, 0.1) is 29.4 Å². The second kappa shape index (κ2) is 6.85. The van der Waals surface area contributed by atoms with Crippen molar-refractivity contribution in [1.29, 1.82) is 0 Å². The molecule has 0 N–H and O–H groups in total. The van der Waals surface area contributed by atoms with Crippen molar-refractivity contribution in [2.75, 3.05) is 0 Å². The molecule has 7 heteroatoms. The highest BCUT2D eigenvalue weighted by Crippen LogP contribution is 2.17. The Morgan fingerprint density at radius 3 is 2.48 bits per heavy atom. The summed E-state index contributed by atoms with van der Waals surface area (Å²) in [5, 5.41) is 0.333. The molecule has 0 spiro atoms. The molecule has 27 heavy (non-hydrogen) atoms. The van der Waals surface area contributed by atoms with Gasteiger partial charge >= 0.3 is 5.69 Å². The number of fused-ring (bicyclic) bond motifs is 1. The number of hydrogen-bond donors (Lipinski definition) is 0. The van der Waals surface area contributed by atoms with Gasteiger partial charge in [-0.1, -0.05) is 34.1 Å². The molecule has 0 aliphatic heterocycles. The van der Waals surface area contributed by atoms with Gasteiger partial charge in [0.1, 0.15) is 0 Å². The lowest BCUT2D eigenvalue weighted by Crippen LogP contribution is -2.40. The molecule has 2 heterocycles. The third-order valence-electron chi connectivity index (χ3n) is 4.22. The summed E-state index contributed by atoms with van der Waals surface area (Å²) in [6, 6.07) is 16.8. The number of para-hydroxylation sites is 1. The van der Waals surface area contributed by atoms with Crippen LogP contribution in [0.3, 0.4) is 0 Å². The fourth-order valence-corrected chi connectivity index (χ4v) is 3.32. The third-order valence-corrected chi connectivity index (χ3v) is 4.71. The highest BCUT2D eigenvalue weighted by molar-refractivity contribution is 9.10. The SMILES string of the molecule is O=C(Cn1c(=O)n(-c2ccccc2)c(=O)c2cc(Br)ccc21)c1ccco1. The monoisotopic (exact) mass is 424 g/mol. The van der Waals surface area contributed by atoms with Crippen molar-refractivity contribution in [3.8, 4) is 5.69 Å². The van der Waals surface area contributed by atoms with Gasteiger partial charge in [-0.05, 0) is 42.5 Å². The van der Waals surface area contributed by atoms with Crippen LogP contribution in [0, 0.1) is 0 Å². The summed E-state index contributed by atoms with van der Waals surface area (Å²) in [7, 11) is 0. The van der Waals surface area contributed by atoms with Gasteiger partial charge in [-0.3, -0.25) is 14.2 Å². The van der Waals surface area contributed by atoms with E-state index in [-0.39, 0.29) is 18.1 Å². The van der Waals surface area contributed by atoms with Crippen LogP contribution in [-0.4, -0.2) is 14.9 Å². The summed E-state index contributed by atoms with van der Waals surface area (Å²) in [4.78, 5) is 38.6. The minimum absolute atomic E-state index is 0.157. The van der Waals surface area contributed by atoms with Crippen LogP contribution in [0.1, 0.15) is 10.6 Å². The summed E-state index contributed by atoms with van der Waals surface area (Å²) in [6.07, 6.45) is 1.40. The average molecular weight is 425 g/mol. The number of carbonyl (C=O) groups excluding carboxylic acids is 1. The highest BCUT2D eigenvalue weighted by Gasteiger charge is 2.18. The Labute approximate surface area is 161 Å². The van der Waals surface area contributed by atoms with Gasteiger partial charge in [-0.15, -0.1) is 0 Å². The second-order valence-corrected chi connectivity index (χ2v) is 6.82. The summed E-state index contributed by atoms with van der Waals surface area (Å²) >= 11 is 3.36. The molecule has 2 aromatic carbocycles. The van der Waals surface area contributed by atoms with Crippen LogP contribution in [0.5, 0.6) is 0 Å². The Morgan fingerprint density at radius 1 is 1.00 bits per heavy atom. The molecule has 0 saturated heterocycles. The zero-order valence-corrected chi connectivity index (χ0v) is 15.5. The molecule has 0 aliphatic rings. The summed E-state index contributed by atoms with van der Waals surface area (Å²) in [5.74, 6) is -0.200. The molecule has 0 aliphatic carbocycles. The van der Waals surface area contributed by atoms with Gasteiger partial charge in [-0.25, -0.2) is 9.36 Å². The van der Waals surface area contributed by atoms with Gasteiger partial charge in [0.2, 0.25) is 5.78 Å². The standard InChI is InChI=1S/C20H13BrN2O4/c21-13-8-9-16-15(11-13)19(25)23(14-5-2-1-3-6-14)20(26)22(16)12-17(24)18-7-4-10-27-18/h1-11H,12H2. The number of ketones is 1. The number of benzene rings is 2. The summed E-state index contributed by atoms with van der Waals surface area (Å²) in [6.45, 7) is -0.238. The predicted molar refractivity (Wildman–Crippen MR) is 105 cm³/mol. The molecule has 0 fully saturated rings. The van der Waals surface area contributed by atoms with Crippen LogP contribution in [0.15, 0.2) is 85.4 Å². The van der Waals surface area contributed by atoms with E-state index < -0.39 is 11.2 Å². The molecule has 4 aromatic rings. The van der Waals surface area contributed by atoms with Crippen molar-refractivity contribution in [2.45, 2.75) is 6.54 Å². The van der Waals surface area contributed by atoms with Crippen molar-refractivity contribution >= 4 is 32.6 Å². The minimum atomic E-state index is -0.582. The van der Waals surface area contributed by atoms with Crippen LogP contribution in [0.2, 0.25) is 0 Å². The van der Waals surface area contributed by atoms with E-state index in [1.54, 1.807) is 60.7 Å². The van der Waals surface area contributed by atoms with Crippen molar-refractivity contribution in [2.24, 2.45) is 0 Å². The number of carbonyl (C=O) groups is 1. The van der Waals surface area contributed by atoms with E-state index in [2.05, 4.69) is 15.9 Å². The lowest BCUT2D eigenvalue weighted by atomic mass is 10.2. The van der Waals surface area contributed by atoms with E-state index in [4.69, 9.17) is 4.42 Å². The highest BCUT2D eigenvalue weighted by atomic mass is 79.9. The smallest absolute Gasteiger partial charge is 0.336 e. The number of rotatable bonds is 4. The number of furan rings is 1. The van der Waals surface area contributed by atoms with Crippen LogP contribution >= 0.6 is 15.9 Å². The van der Waals surface area contributed by atoms with E-state index in [1.807, 2.05) is 0 Å². The van der Waals surface area contributed by atoms with Crippen LogP contribution in [0.25, 0.3) is 16.6 Å². The Bertz CT molecular complexity index is 1260. The predicted octanol–water partition coefficient (Wildman–Crippen LogP) is 3.39. The molecule has 134 valence electrons. The lowest BCUT2D eigenvalue weighted by Gasteiger charge is -2.13. The zero-order valence-electron chi connectivity index (χ0n) is 14.0.